The van der Waals surface area contributed by atoms with Crippen molar-refractivity contribution in [2.45, 2.75) is 13.3 Å². The summed E-state index contributed by atoms with van der Waals surface area (Å²) in [5.74, 6) is -0.616. The Hall–Kier alpha value is -1.23. The third-order valence-corrected chi connectivity index (χ3v) is 3.14. The minimum atomic E-state index is -2.74. The molecule has 0 aromatic heterocycles. The molecule has 90 valence electrons. The molecule has 0 unspecified atom stereocenters. The highest BCUT2D eigenvalue weighted by molar-refractivity contribution is 14.1. The lowest BCUT2D eigenvalue weighted by Gasteiger charge is -2.09. The van der Waals surface area contributed by atoms with Gasteiger partial charge in [0.05, 0.1) is 17.7 Å². The van der Waals surface area contributed by atoms with Crippen molar-refractivity contribution in [1.82, 2.24) is 0 Å². The monoisotopic (exact) mass is 351 g/mol. The summed E-state index contributed by atoms with van der Waals surface area (Å²) in [6.45, 7) is 1.83. The molecule has 0 radical (unpaired) electrons. The van der Waals surface area contributed by atoms with E-state index in [0.717, 1.165) is 6.07 Å². The maximum absolute atomic E-state index is 12.6. The summed E-state index contributed by atoms with van der Waals surface area (Å²) in [7, 11) is 0. The molecule has 0 atom stereocenters. The summed E-state index contributed by atoms with van der Waals surface area (Å²) < 4.78 is 30.2. The second-order valence-electron chi connectivity index (χ2n) is 3.02. The molecule has 1 aromatic rings. The fourth-order valence-electron chi connectivity index (χ4n) is 1.25. The van der Waals surface area contributed by atoms with Crippen LogP contribution in [0.4, 0.5) is 8.78 Å². The molecule has 1 aromatic carbocycles. The summed E-state index contributed by atoms with van der Waals surface area (Å²) >= 11 is 1.70. The number of hydrogen-bond donors (Lipinski definition) is 0. The van der Waals surface area contributed by atoms with E-state index >= 15 is 0 Å². The Bertz CT molecular complexity index is 483. The number of hydrogen-bond acceptors (Lipinski definition) is 3. The van der Waals surface area contributed by atoms with Crippen molar-refractivity contribution in [3.63, 3.8) is 0 Å². The number of esters is 1. The zero-order chi connectivity index (χ0) is 13.0. The summed E-state index contributed by atoms with van der Waals surface area (Å²) in [4.78, 5) is 11.5. The van der Waals surface area contributed by atoms with E-state index in [9.17, 15) is 13.6 Å². The first kappa shape index (κ1) is 13.8. The molecule has 0 aliphatic heterocycles. The first-order valence-electron chi connectivity index (χ1n) is 4.70. The number of alkyl halides is 2. The smallest absolute Gasteiger partial charge is 0.339 e. The molecule has 0 aliphatic rings. The highest BCUT2D eigenvalue weighted by Gasteiger charge is 2.21. The molecule has 0 spiro atoms. The van der Waals surface area contributed by atoms with Gasteiger partial charge < -0.3 is 4.74 Å². The Morgan fingerprint density at radius 1 is 1.59 bits per heavy atom. The van der Waals surface area contributed by atoms with Crippen molar-refractivity contribution in [2.24, 2.45) is 0 Å². The van der Waals surface area contributed by atoms with Crippen LogP contribution < -0.4 is 0 Å². The van der Waals surface area contributed by atoms with Crippen LogP contribution in [0.15, 0.2) is 12.1 Å². The maximum atomic E-state index is 12.6. The lowest BCUT2D eigenvalue weighted by atomic mass is 10.1. The van der Waals surface area contributed by atoms with E-state index in [1.165, 1.54) is 6.07 Å². The number of carbonyl (C=O) groups excluding carboxylic acids is 1. The van der Waals surface area contributed by atoms with Crippen LogP contribution in [-0.4, -0.2) is 12.6 Å². The van der Waals surface area contributed by atoms with Gasteiger partial charge in [0.2, 0.25) is 0 Å². The van der Waals surface area contributed by atoms with Crippen LogP contribution >= 0.6 is 22.6 Å². The fourth-order valence-corrected chi connectivity index (χ4v) is 2.08. The number of ether oxygens (including phenoxy) is 1. The molecule has 0 saturated heterocycles. The summed E-state index contributed by atoms with van der Waals surface area (Å²) in [6, 6.07) is 4.02. The molecule has 17 heavy (non-hydrogen) atoms. The lowest BCUT2D eigenvalue weighted by molar-refractivity contribution is 0.0524. The number of halogens is 3. The van der Waals surface area contributed by atoms with Gasteiger partial charge in [0.15, 0.2) is 0 Å². The van der Waals surface area contributed by atoms with Gasteiger partial charge in [-0.15, -0.1) is 0 Å². The minimum Gasteiger partial charge on any atom is -0.462 e. The molecule has 3 nitrogen and oxygen atoms in total. The number of nitriles is 1. The van der Waals surface area contributed by atoms with Crippen LogP contribution in [0.1, 0.15) is 34.8 Å². The summed E-state index contributed by atoms with van der Waals surface area (Å²) in [5, 5.41) is 8.84. The van der Waals surface area contributed by atoms with E-state index in [4.69, 9.17) is 10.00 Å². The number of nitrogens with zero attached hydrogens (tertiary/aromatic N) is 1. The largest absolute Gasteiger partial charge is 0.462 e. The predicted octanol–water partition coefficient (Wildman–Crippen LogP) is 3.28. The van der Waals surface area contributed by atoms with Crippen LogP contribution in [0.2, 0.25) is 0 Å². The minimum absolute atomic E-state index is 0.133. The summed E-state index contributed by atoms with van der Waals surface area (Å²) in [5.41, 5.74) is -0.412. The molecule has 0 bridgehead atoms. The van der Waals surface area contributed by atoms with Gasteiger partial charge >= 0.3 is 5.97 Å². The zero-order valence-electron chi connectivity index (χ0n) is 8.84. The molecular formula is C11H8F2INO2. The zero-order valence-corrected chi connectivity index (χ0v) is 11.0. The Balaban J connectivity index is 3.31. The third kappa shape index (κ3) is 2.91. The second-order valence-corrected chi connectivity index (χ2v) is 4.10. The van der Waals surface area contributed by atoms with Gasteiger partial charge in [0.1, 0.15) is 6.07 Å². The Morgan fingerprint density at radius 2 is 2.24 bits per heavy atom. The Kier molecular flexibility index (Phi) is 4.81. The van der Waals surface area contributed by atoms with E-state index in [0.29, 0.717) is 0 Å². The van der Waals surface area contributed by atoms with E-state index in [2.05, 4.69) is 0 Å². The average molecular weight is 351 g/mol. The van der Waals surface area contributed by atoms with Crippen LogP contribution in [0.5, 0.6) is 0 Å². The van der Waals surface area contributed by atoms with Gasteiger partial charge in [0.25, 0.3) is 6.43 Å². The molecule has 0 heterocycles. The highest BCUT2D eigenvalue weighted by atomic mass is 127. The lowest BCUT2D eigenvalue weighted by Crippen LogP contribution is -2.09. The molecule has 0 fully saturated rings. The van der Waals surface area contributed by atoms with Crippen LogP contribution in [0, 0.1) is 14.9 Å². The molecular weight excluding hydrogens is 343 g/mol. The molecule has 1 rings (SSSR count). The molecule has 0 N–H and O–H groups in total. The topological polar surface area (TPSA) is 50.1 Å². The molecule has 0 saturated carbocycles. The first-order valence-corrected chi connectivity index (χ1v) is 5.78. The van der Waals surface area contributed by atoms with Gasteiger partial charge in [-0.1, -0.05) is 6.07 Å². The maximum Gasteiger partial charge on any atom is 0.339 e. The standard InChI is InChI=1S/C11H8F2INO2/c1-2-17-11(16)7-4-3-6(10(12)13)8(5-15)9(7)14/h3-4,10H,2H2,1H3. The number of rotatable bonds is 3. The van der Waals surface area contributed by atoms with Crippen LogP contribution in [0.3, 0.4) is 0 Å². The van der Waals surface area contributed by atoms with Gasteiger partial charge in [0, 0.05) is 9.13 Å². The summed E-state index contributed by atoms with van der Waals surface area (Å²) in [6.07, 6.45) is -2.74. The third-order valence-electron chi connectivity index (χ3n) is 2.02. The molecule has 0 amide bonds. The van der Waals surface area contributed by atoms with E-state index in [-0.39, 0.29) is 26.9 Å². The van der Waals surface area contributed by atoms with Gasteiger partial charge in [-0.25, -0.2) is 13.6 Å². The predicted molar refractivity (Wildman–Crippen MR) is 64.8 cm³/mol. The SMILES string of the molecule is CCOC(=O)c1ccc(C(F)F)c(C#N)c1I. The normalized spacial score (nSPS) is 10.1. The van der Waals surface area contributed by atoms with E-state index < -0.39 is 12.4 Å². The average Bonchev–Trinajstić information content (AvgIpc) is 2.28. The molecule has 6 heteroatoms. The number of carbonyl (C=O) groups is 1. The van der Waals surface area contributed by atoms with Crippen molar-refractivity contribution < 1.29 is 18.3 Å². The Morgan fingerprint density at radius 3 is 2.71 bits per heavy atom. The van der Waals surface area contributed by atoms with Gasteiger partial charge in [-0.2, -0.15) is 5.26 Å². The molecule has 0 aliphatic carbocycles. The van der Waals surface area contributed by atoms with Gasteiger partial charge in [-0.05, 0) is 35.6 Å². The fraction of sp³-hybridized carbons (Fsp3) is 0.273. The van der Waals surface area contributed by atoms with Crippen LogP contribution in [0.25, 0.3) is 0 Å². The van der Waals surface area contributed by atoms with Crippen molar-refractivity contribution in [3.05, 3.63) is 32.4 Å². The van der Waals surface area contributed by atoms with Crippen molar-refractivity contribution >= 4 is 28.6 Å². The Labute approximate surface area is 111 Å². The first-order chi connectivity index (χ1) is 8.02. The van der Waals surface area contributed by atoms with Crippen molar-refractivity contribution in [1.29, 1.82) is 5.26 Å². The second kappa shape index (κ2) is 5.91. The van der Waals surface area contributed by atoms with E-state index in [1.54, 1.807) is 35.6 Å². The highest BCUT2D eigenvalue weighted by Crippen LogP contribution is 2.28. The van der Waals surface area contributed by atoms with E-state index in [1.807, 2.05) is 0 Å². The number of benzene rings is 1. The van der Waals surface area contributed by atoms with Gasteiger partial charge in [-0.3, -0.25) is 0 Å². The quantitative estimate of drug-likeness (QED) is 0.620. The van der Waals surface area contributed by atoms with Crippen LogP contribution in [-0.2, 0) is 4.74 Å². The van der Waals surface area contributed by atoms with Crippen molar-refractivity contribution in [3.8, 4) is 6.07 Å². The van der Waals surface area contributed by atoms with Crippen molar-refractivity contribution in [2.75, 3.05) is 6.61 Å².